The molecule has 0 N–H and O–H groups in total. The van der Waals surface area contributed by atoms with E-state index >= 15 is 0 Å². The third-order valence-corrected chi connectivity index (χ3v) is 21.4. The average molecular weight is 1000 g/mol. The Hall–Kier alpha value is -5.43. The van der Waals surface area contributed by atoms with Crippen molar-refractivity contribution in [3.63, 3.8) is 0 Å². The first-order chi connectivity index (χ1) is 32.0. The summed E-state index contributed by atoms with van der Waals surface area (Å²) >= 11 is -3.05. The van der Waals surface area contributed by atoms with Gasteiger partial charge in [0, 0.05) is 0 Å². The van der Waals surface area contributed by atoms with E-state index in [0.717, 1.165) is 25.7 Å². The second-order valence-corrected chi connectivity index (χ2v) is 26.8. The molecule has 0 atom stereocenters. The van der Waals surface area contributed by atoms with E-state index < -0.39 is 21.3 Å². The summed E-state index contributed by atoms with van der Waals surface area (Å²) in [6.45, 7) is 14.5. The Bertz CT molecular complexity index is 3040. The standard InChI is InChI=1S/C33H33.C27H22.C5H5.2ClH.Zr/c1-32(2,3)30-20-26-24(18-28(30)22-13-9-7-10-14-22)17-25-19-29(23-15-11-8-12-16-23)31(21-27(25)26)33(4,5)6;1-3-10-24(11-4-1)26-18-14-22(15-19-26)8-7-9-23-16-20-27(21-17-23)25-12-5-2-6-13-25;1-2-4-5-3-1;;;/h7-16,18,20-21H,17H2,1-6H3;1-6,10-21H,8-9H2;1-3H,4H2;2*1H;/q;;;;;+2/p-2. The Morgan fingerprint density at radius 2 is 0.897 bits per heavy atom. The molecule has 0 aromatic heterocycles. The predicted molar refractivity (Wildman–Crippen MR) is 281 cm³/mol. The number of benzene rings is 8. The molecule has 2 aliphatic rings. The summed E-state index contributed by atoms with van der Waals surface area (Å²) in [5.41, 5.74) is 22.0. The Labute approximate surface area is 425 Å². The van der Waals surface area contributed by atoms with Gasteiger partial charge in [0.2, 0.25) is 0 Å². The summed E-state index contributed by atoms with van der Waals surface area (Å²) in [5.74, 6) is 0. The average Bonchev–Trinajstić information content (AvgIpc) is 4.00. The molecule has 0 radical (unpaired) electrons. The van der Waals surface area contributed by atoms with Crippen molar-refractivity contribution in [3.8, 4) is 55.6 Å². The smallest absolute Gasteiger partial charge is 1.00 e. The van der Waals surface area contributed by atoms with E-state index in [-0.39, 0.29) is 35.6 Å². The van der Waals surface area contributed by atoms with E-state index in [0.29, 0.717) is 0 Å². The van der Waals surface area contributed by atoms with Crippen molar-refractivity contribution in [1.82, 2.24) is 0 Å². The van der Waals surface area contributed by atoms with Crippen molar-refractivity contribution in [2.75, 3.05) is 0 Å². The molecular formula is C65H60Cl2Zr. The van der Waals surface area contributed by atoms with Crippen LogP contribution in [0.1, 0.15) is 81.3 Å². The van der Waals surface area contributed by atoms with Gasteiger partial charge in [-0.1, -0.05) is 0 Å². The minimum atomic E-state index is -3.05. The fraction of sp³-hybridized carbons (Fsp3) is 0.185. The van der Waals surface area contributed by atoms with Crippen LogP contribution in [0.4, 0.5) is 0 Å². The van der Waals surface area contributed by atoms with Crippen LogP contribution in [0, 0.1) is 0 Å². The second kappa shape index (κ2) is 20.7. The molecule has 2 aliphatic carbocycles. The Morgan fingerprint density at radius 3 is 1.35 bits per heavy atom. The minimum Gasteiger partial charge on any atom is -1.00 e. The monoisotopic (exact) mass is 1000 g/mol. The van der Waals surface area contributed by atoms with Gasteiger partial charge in [-0.3, -0.25) is 0 Å². The maximum Gasteiger partial charge on any atom is -1.00 e. The molecule has 68 heavy (non-hydrogen) atoms. The van der Waals surface area contributed by atoms with Crippen LogP contribution in [-0.4, -0.2) is 3.21 Å². The molecule has 0 amide bonds. The summed E-state index contributed by atoms with van der Waals surface area (Å²) in [7, 11) is 0. The third-order valence-electron chi connectivity index (χ3n) is 13.8. The number of rotatable bonds is 10. The molecular weight excluding hydrogens is 943 g/mol. The third kappa shape index (κ3) is 10.1. The van der Waals surface area contributed by atoms with Crippen molar-refractivity contribution in [2.24, 2.45) is 0 Å². The summed E-state index contributed by atoms with van der Waals surface area (Å²) in [6.07, 6.45) is 11.2. The first-order valence-corrected chi connectivity index (χ1v) is 27.5. The molecule has 0 spiro atoms. The van der Waals surface area contributed by atoms with Gasteiger partial charge in [0.25, 0.3) is 0 Å². The molecule has 8 aromatic carbocycles. The van der Waals surface area contributed by atoms with Crippen LogP contribution in [0.25, 0.3) is 55.6 Å². The van der Waals surface area contributed by atoms with E-state index in [1.807, 2.05) is 0 Å². The number of hydrogen-bond acceptors (Lipinski definition) is 0. The summed E-state index contributed by atoms with van der Waals surface area (Å²) in [5, 5.41) is 0. The maximum absolute atomic E-state index is 3.05. The zero-order valence-corrected chi connectivity index (χ0v) is 44.2. The van der Waals surface area contributed by atoms with Crippen LogP contribution in [0.2, 0.25) is 0 Å². The van der Waals surface area contributed by atoms with Gasteiger partial charge in [0.1, 0.15) is 0 Å². The van der Waals surface area contributed by atoms with Gasteiger partial charge < -0.3 is 24.8 Å². The van der Waals surface area contributed by atoms with Gasteiger partial charge in [-0.2, -0.15) is 0 Å². The number of allylic oxidation sites excluding steroid dienone is 4. The largest absolute Gasteiger partial charge is 1.00 e. The van der Waals surface area contributed by atoms with Gasteiger partial charge in [0.15, 0.2) is 0 Å². The first-order valence-electron chi connectivity index (χ1n) is 23.9. The molecule has 0 saturated carbocycles. The number of halogens is 2. The van der Waals surface area contributed by atoms with E-state index in [1.54, 1.807) is 15.3 Å². The first kappa shape index (κ1) is 49.0. The second-order valence-electron chi connectivity index (χ2n) is 20.4. The molecule has 338 valence electrons. The quantitative estimate of drug-likeness (QED) is 0.128. The molecule has 0 aliphatic heterocycles. The zero-order chi connectivity index (χ0) is 45.4. The van der Waals surface area contributed by atoms with Gasteiger partial charge in [-0.05, 0) is 0 Å². The normalized spacial score (nSPS) is 12.5. The molecule has 3 heteroatoms. The van der Waals surface area contributed by atoms with Crippen molar-refractivity contribution in [1.29, 1.82) is 0 Å². The summed E-state index contributed by atoms with van der Waals surface area (Å²) < 4.78 is 5.09. The van der Waals surface area contributed by atoms with Crippen LogP contribution in [-0.2, 0) is 51.4 Å². The van der Waals surface area contributed by atoms with E-state index in [1.165, 1.54) is 83.5 Å². The van der Waals surface area contributed by atoms with Gasteiger partial charge in [-0.25, -0.2) is 0 Å². The molecule has 0 nitrogen and oxygen atoms in total. The van der Waals surface area contributed by atoms with Gasteiger partial charge in [-0.15, -0.1) is 0 Å². The maximum atomic E-state index is 2.63. The molecule has 8 aromatic rings. The number of hydrogen-bond donors (Lipinski definition) is 0. The van der Waals surface area contributed by atoms with E-state index in [4.69, 9.17) is 0 Å². The van der Waals surface area contributed by atoms with Gasteiger partial charge >= 0.3 is 404 Å². The van der Waals surface area contributed by atoms with Crippen LogP contribution >= 0.6 is 0 Å². The summed E-state index contributed by atoms with van der Waals surface area (Å²) in [6, 6.07) is 71.0. The van der Waals surface area contributed by atoms with E-state index in [2.05, 4.69) is 248 Å². The Morgan fingerprint density at radius 1 is 0.456 bits per heavy atom. The predicted octanol–water partition coefficient (Wildman–Crippen LogP) is 10.3. The van der Waals surface area contributed by atoms with Crippen molar-refractivity contribution < 1.29 is 46.1 Å². The van der Waals surface area contributed by atoms with Crippen LogP contribution in [0.5, 0.6) is 0 Å². The van der Waals surface area contributed by atoms with Crippen LogP contribution in [0.15, 0.2) is 210 Å². The zero-order valence-electron chi connectivity index (χ0n) is 40.2. The molecule has 0 saturated heterocycles. The SMILES string of the molecule is CC(C)(C)c1cc2c(cc1-c1ccccc1)Cc1c-2cc(C(C)(C)C)c(-c2ccccc2)[c]1[Zr+2]([C]1=CC=CC1)=[C](Cc1ccc(-c2ccccc2)cc1)Cc1ccc(-c2ccccc2)cc1.[Cl-].[Cl-]. The molecule has 0 fully saturated rings. The van der Waals surface area contributed by atoms with Crippen LogP contribution in [0.3, 0.4) is 0 Å². The van der Waals surface area contributed by atoms with Crippen molar-refractivity contribution in [3.05, 3.63) is 243 Å². The summed E-state index contributed by atoms with van der Waals surface area (Å²) in [4.78, 5) is 0. The minimum absolute atomic E-state index is 0. The van der Waals surface area contributed by atoms with Crippen molar-refractivity contribution in [2.45, 2.75) is 78.1 Å². The fourth-order valence-electron chi connectivity index (χ4n) is 10.4. The topological polar surface area (TPSA) is 0 Å². The fourth-order valence-corrected chi connectivity index (χ4v) is 19.1. The van der Waals surface area contributed by atoms with Crippen LogP contribution < -0.4 is 28.1 Å². The van der Waals surface area contributed by atoms with Crippen molar-refractivity contribution >= 4 is 6.48 Å². The molecule has 0 heterocycles. The van der Waals surface area contributed by atoms with Gasteiger partial charge in [0.05, 0.1) is 0 Å². The number of fused-ring (bicyclic) bond motifs is 3. The van der Waals surface area contributed by atoms with E-state index in [9.17, 15) is 0 Å². The Kier molecular flexibility index (Phi) is 14.9. The molecule has 10 rings (SSSR count). The Balaban J connectivity index is 0.00000312. The molecule has 0 unspecified atom stereocenters. The molecule has 0 bridgehead atoms.